The number of rotatable bonds is 7. The first-order chi connectivity index (χ1) is 17.4. The molecule has 7 nitrogen and oxygen atoms in total. The Bertz CT molecular complexity index is 1490. The Balaban J connectivity index is 1.68. The zero-order valence-electron chi connectivity index (χ0n) is 19.5. The smallest absolute Gasteiger partial charge is 0.294 e. The van der Waals surface area contributed by atoms with Crippen molar-refractivity contribution in [1.29, 1.82) is 0 Å². The Hall–Kier alpha value is -4.23. The number of benzene rings is 3. The molecule has 3 aromatic carbocycles. The molecular formula is C28H22ClNO6. The van der Waals surface area contributed by atoms with Gasteiger partial charge in [-0.1, -0.05) is 41.9 Å². The van der Waals surface area contributed by atoms with Gasteiger partial charge in [-0.2, -0.15) is 0 Å². The maximum absolute atomic E-state index is 13.8. The van der Waals surface area contributed by atoms with Crippen LogP contribution in [0, 0.1) is 0 Å². The molecule has 182 valence electrons. The number of Topliss-reactive ketones (excluding diaryl/α,β-unsaturated/α-hetero) is 1. The number of aliphatic hydroxyl groups excluding tert-OH is 1. The van der Waals surface area contributed by atoms with E-state index in [-0.39, 0.29) is 11.3 Å². The molecule has 4 aromatic rings. The molecule has 0 spiro atoms. The molecule has 0 fully saturated rings. The van der Waals surface area contributed by atoms with Gasteiger partial charge in [-0.05, 0) is 55.0 Å². The second-order valence-electron chi connectivity index (χ2n) is 8.14. The number of ether oxygens (including phenoxy) is 2. The number of hydrogen-bond acceptors (Lipinski definition) is 6. The van der Waals surface area contributed by atoms with Gasteiger partial charge in [0.15, 0.2) is 23.0 Å². The Morgan fingerprint density at radius 2 is 1.86 bits per heavy atom. The fourth-order valence-corrected chi connectivity index (χ4v) is 4.59. The van der Waals surface area contributed by atoms with Crippen molar-refractivity contribution in [2.24, 2.45) is 0 Å². The average molecular weight is 504 g/mol. The number of ketones is 1. The molecule has 1 aliphatic heterocycles. The SMILES string of the molecule is CCOc1cc(C2C(C(=O)c3cc4ccccc4o3)=C(O)C(=O)N2c2cccc(Cl)c2)ccc1OC. The van der Waals surface area contributed by atoms with Crippen LogP contribution in [0.2, 0.25) is 5.02 Å². The molecule has 0 radical (unpaired) electrons. The summed E-state index contributed by atoms with van der Waals surface area (Å²) in [6.07, 6.45) is 0. The molecule has 1 amide bonds. The maximum atomic E-state index is 13.8. The van der Waals surface area contributed by atoms with Crippen LogP contribution in [-0.2, 0) is 4.79 Å². The fraction of sp³-hybridized carbons (Fsp3) is 0.143. The summed E-state index contributed by atoms with van der Waals surface area (Å²) in [5, 5.41) is 12.1. The normalized spacial score (nSPS) is 15.6. The third-order valence-corrected chi connectivity index (χ3v) is 6.23. The minimum Gasteiger partial charge on any atom is -0.503 e. The van der Waals surface area contributed by atoms with E-state index in [4.69, 9.17) is 25.5 Å². The van der Waals surface area contributed by atoms with Crippen LogP contribution in [0.5, 0.6) is 11.5 Å². The van der Waals surface area contributed by atoms with E-state index in [1.807, 2.05) is 19.1 Å². The monoisotopic (exact) mass is 503 g/mol. The molecule has 1 N–H and O–H groups in total. The number of furan rings is 1. The second-order valence-corrected chi connectivity index (χ2v) is 8.58. The van der Waals surface area contributed by atoms with Crippen molar-refractivity contribution in [3.63, 3.8) is 0 Å². The number of hydrogen-bond donors (Lipinski definition) is 1. The highest BCUT2D eigenvalue weighted by Gasteiger charge is 2.45. The van der Waals surface area contributed by atoms with Crippen molar-refractivity contribution >= 4 is 39.9 Å². The number of carbonyl (C=O) groups excluding carboxylic acids is 2. The largest absolute Gasteiger partial charge is 0.503 e. The molecule has 1 aromatic heterocycles. The van der Waals surface area contributed by atoms with E-state index in [1.54, 1.807) is 60.7 Å². The molecule has 1 unspecified atom stereocenters. The van der Waals surface area contributed by atoms with Crippen LogP contribution < -0.4 is 14.4 Å². The fourth-order valence-electron chi connectivity index (χ4n) is 4.40. The van der Waals surface area contributed by atoms with Crippen molar-refractivity contribution < 1.29 is 28.6 Å². The van der Waals surface area contributed by atoms with Crippen LogP contribution in [0.1, 0.15) is 29.1 Å². The molecule has 0 bridgehead atoms. The molecule has 8 heteroatoms. The van der Waals surface area contributed by atoms with Crippen molar-refractivity contribution in [1.82, 2.24) is 0 Å². The lowest BCUT2D eigenvalue weighted by Gasteiger charge is -2.27. The Morgan fingerprint density at radius 3 is 2.58 bits per heavy atom. The van der Waals surface area contributed by atoms with Crippen molar-refractivity contribution in [3.8, 4) is 11.5 Å². The highest BCUT2D eigenvalue weighted by molar-refractivity contribution is 6.31. The van der Waals surface area contributed by atoms with E-state index in [2.05, 4.69) is 0 Å². The Labute approximate surface area is 212 Å². The van der Waals surface area contributed by atoms with E-state index in [9.17, 15) is 14.7 Å². The standard InChI is InChI=1S/C28H22ClNO6/c1-3-35-22-14-17(11-12-21(22)34-2)25-24(26(31)23-13-16-7-4-5-10-20(16)36-23)27(32)28(33)30(25)19-9-6-8-18(29)15-19/h4-15,25,32H,3H2,1-2H3. The quantitative estimate of drug-likeness (QED) is 0.299. The van der Waals surface area contributed by atoms with E-state index in [1.165, 1.54) is 12.0 Å². The number of anilines is 1. The minimum atomic E-state index is -0.971. The van der Waals surface area contributed by atoms with Crippen LogP contribution in [-0.4, -0.2) is 30.5 Å². The number of halogens is 1. The van der Waals surface area contributed by atoms with E-state index in [0.717, 1.165) is 5.39 Å². The summed E-state index contributed by atoms with van der Waals surface area (Å²) in [4.78, 5) is 28.5. The molecule has 0 saturated heterocycles. The third kappa shape index (κ3) is 3.97. The molecule has 0 saturated carbocycles. The van der Waals surface area contributed by atoms with Crippen LogP contribution in [0.4, 0.5) is 5.69 Å². The predicted octanol–water partition coefficient (Wildman–Crippen LogP) is 6.28. The van der Waals surface area contributed by atoms with Gasteiger partial charge in [-0.25, -0.2) is 0 Å². The number of methoxy groups -OCH3 is 1. The second kappa shape index (κ2) is 9.43. The van der Waals surface area contributed by atoms with Crippen molar-refractivity contribution in [2.45, 2.75) is 13.0 Å². The number of nitrogens with zero attached hydrogens (tertiary/aromatic N) is 1. The summed E-state index contributed by atoms with van der Waals surface area (Å²) in [7, 11) is 1.52. The number of para-hydroxylation sites is 1. The van der Waals surface area contributed by atoms with E-state index in [0.29, 0.717) is 40.0 Å². The van der Waals surface area contributed by atoms with Crippen LogP contribution in [0.25, 0.3) is 11.0 Å². The maximum Gasteiger partial charge on any atom is 0.294 e. The van der Waals surface area contributed by atoms with Gasteiger partial charge >= 0.3 is 0 Å². The van der Waals surface area contributed by atoms with Gasteiger partial charge in [0.25, 0.3) is 5.91 Å². The summed E-state index contributed by atoms with van der Waals surface area (Å²) < 4.78 is 16.9. The Kier molecular flexibility index (Phi) is 6.16. The highest BCUT2D eigenvalue weighted by Crippen LogP contribution is 2.44. The number of aliphatic hydroxyl groups is 1. The van der Waals surface area contributed by atoms with Crippen LogP contribution in [0.15, 0.2) is 88.5 Å². The summed E-state index contributed by atoms with van der Waals surface area (Å²) in [5.41, 5.74) is 1.38. The number of carbonyl (C=O) groups is 2. The van der Waals surface area contributed by atoms with Gasteiger partial charge < -0.3 is 19.0 Å². The molecule has 2 heterocycles. The first kappa shape index (κ1) is 23.5. The topological polar surface area (TPSA) is 89.2 Å². The summed E-state index contributed by atoms with van der Waals surface area (Å²) in [5.74, 6) is -1.02. The van der Waals surface area contributed by atoms with Crippen molar-refractivity contribution in [2.75, 3.05) is 18.6 Å². The van der Waals surface area contributed by atoms with Gasteiger partial charge in [0.2, 0.25) is 5.78 Å². The summed E-state index contributed by atoms with van der Waals surface area (Å²) in [6, 6.07) is 19.6. The van der Waals surface area contributed by atoms with Crippen LogP contribution >= 0.6 is 11.6 Å². The van der Waals surface area contributed by atoms with Gasteiger partial charge in [-0.3, -0.25) is 14.5 Å². The predicted molar refractivity (Wildman–Crippen MR) is 136 cm³/mol. The molecular weight excluding hydrogens is 482 g/mol. The van der Waals surface area contributed by atoms with Gasteiger partial charge in [-0.15, -0.1) is 0 Å². The Morgan fingerprint density at radius 1 is 1.06 bits per heavy atom. The molecule has 1 aliphatic rings. The summed E-state index contributed by atoms with van der Waals surface area (Å²) >= 11 is 6.21. The van der Waals surface area contributed by atoms with E-state index < -0.39 is 23.5 Å². The van der Waals surface area contributed by atoms with Gasteiger partial charge in [0, 0.05) is 16.1 Å². The van der Waals surface area contributed by atoms with Crippen molar-refractivity contribution in [3.05, 3.63) is 100 Å². The number of amides is 1. The average Bonchev–Trinajstić information content (AvgIpc) is 3.43. The number of fused-ring (bicyclic) bond motifs is 1. The first-order valence-corrected chi connectivity index (χ1v) is 11.7. The lowest BCUT2D eigenvalue weighted by atomic mass is 9.94. The minimum absolute atomic E-state index is 0.0158. The lowest BCUT2D eigenvalue weighted by Crippen LogP contribution is -2.31. The first-order valence-electron chi connectivity index (χ1n) is 11.3. The lowest BCUT2D eigenvalue weighted by molar-refractivity contribution is -0.117. The highest BCUT2D eigenvalue weighted by atomic mass is 35.5. The molecule has 1 atom stereocenters. The zero-order chi connectivity index (χ0) is 25.4. The molecule has 36 heavy (non-hydrogen) atoms. The summed E-state index contributed by atoms with van der Waals surface area (Å²) in [6.45, 7) is 2.22. The zero-order valence-corrected chi connectivity index (χ0v) is 20.3. The molecule has 0 aliphatic carbocycles. The third-order valence-electron chi connectivity index (χ3n) is 5.99. The van der Waals surface area contributed by atoms with Gasteiger partial charge in [0.1, 0.15) is 5.58 Å². The van der Waals surface area contributed by atoms with Gasteiger partial charge in [0.05, 0.1) is 25.3 Å². The molecule has 5 rings (SSSR count). The van der Waals surface area contributed by atoms with E-state index >= 15 is 0 Å². The van der Waals surface area contributed by atoms with Crippen LogP contribution in [0.3, 0.4) is 0 Å².